The summed E-state index contributed by atoms with van der Waals surface area (Å²) in [6, 6.07) is 4.21. The Balaban J connectivity index is 2.25. The SMILES string of the molecule is COC(=O)c1cnc(Nc2c(C)cc(C)cc2C)cn1. The van der Waals surface area contributed by atoms with Crippen molar-refractivity contribution in [3.63, 3.8) is 0 Å². The van der Waals surface area contributed by atoms with E-state index >= 15 is 0 Å². The van der Waals surface area contributed by atoms with E-state index in [1.165, 1.54) is 25.1 Å². The molecule has 0 bridgehead atoms. The topological polar surface area (TPSA) is 64.1 Å². The Morgan fingerprint density at radius 1 is 1.10 bits per heavy atom. The van der Waals surface area contributed by atoms with Gasteiger partial charge >= 0.3 is 5.97 Å². The lowest BCUT2D eigenvalue weighted by Crippen LogP contribution is -2.06. The average Bonchev–Trinajstić information content (AvgIpc) is 2.42. The van der Waals surface area contributed by atoms with E-state index in [0.717, 1.165) is 16.8 Å². The lowest BCUT2D eigenvalue weighted by Gasteiger charge is -2.13. The highest BCUT2D eigenvalue weighted by atomic mass is 16.5. The first-order valence-electron chi connectivity index (χ1n) is 6.26. The minimum absolute atomic E-state index is 0.190. The second-order valence-electron chi connectivity index (χ2n) is 4.68. The Morgan fingerprint density at radius 2 is 1.75 bits per heavy atom. The van der Waals surface area contributed by atoms with Crippen LogP contribution in [0.2, 0.25) is 0 Å². The number of nitrogens with one attached hydrogen (secondary N) is 1. The molecule has 0 unspecified atom stereocenters. The molecule has 0 spiro atoms. The van der Waals surface area contributed by atoms with Gasteiger partial charge < -0.3 is 10.1 Å². The standard InChI is InChI=1S/C15H17N3O2/c1-9-5-10(2)14(11(3)6-9)18-13-8-16-12(7-17-13)15(19)20-4/h5-8H,1-4H3,(H,17,18). The van der Waals surface area contributed by atoms with Gasteiger partial charge in [-0.2, -0.15) is 0 Å². The van der Waals surface area contributed by atoms with Crippen LogP contribution in [0.3, 0.4) is 0 Å². The van der Waals surface area contributed by atoms with E-state index in [1.54, 1.807) is 0 Å². The summed E-state index contributed by atoms with van der Waals surface area (Å²) >= 11 is 0. The predicted molar refractivity (Wildman–Crippen MR) is 77.3 cm³/mol. The van der Waals surface area contributed by atoms with Gasteiger partial charge in [0.05, 0.1) is 19.5 Å². The van der Waals surface area contributed by atoms with Gasteiger partial charge in [-0.15, -0.1) is 0 Å². The van der Waals surface area contributed by atoms with Crippen molar-refractivity contribution in [3.05, 3.63) is 46.9 Å². The molecule has 1 N–H and O–H groups in total. The Bertz CT molecular complexity index is 613. The second-order valence-corrected chi connectivity index (χ2v) is 4.68. The fourth-order valence-corrected chi connectivity index (χ4v) is 2.11. The van der Waals surface area contributed by atoms with Gasteiger partial charge in [-0.05, 0) is 31.9 Å². The highest BCUT2D eigenvalue weighted by Gasteiger charge is 2.09. The first-order chi connectivity index (χ1) is 9.51. The highest BCUT2D eigenvalue weighted by molar-refractivity contribution is 5.86. The van der Waals surface area contributed by atoms with Crippen LogP contribution in [0, 0.1) is 20.8 Å². The van der Waals surface area contributed by atoms with Gasteiger partial charge in [0.1, 0.15) is 5.82 Å². The molecule has 20 heavy (non-hydrogen) atoms. The summed E-state index contributed by atoms with van der Waals surface area (Å²) in [6.07, 6.45) is 2.91. The molecular formula is C15H17N3O2. The molecule has 5 nitrogen and oxygen atoms in total. The number of rotatable bonds is 3. The molecule has 1 aromatic carbocycles. The van der Waals surface area contributed by atoms with Crippen LogP contribution in [0.4, 0.5) is 11.5 Å². The van der Waals surface area contributed by atoms with Crippen LogP contribution in [-0.2, 0) is 4.74 Å². The molecule has 0 saturated heterocycles. The maximum Gasteiger partial charge on any atom is 0.358 e. The van der Waals surface area contributed by atoms with Gasteiger partial charge in [0.15, 0.2) is 5.69 Å². The van der Waals surface area contributed by atoms with Crippen LogP contribution >= 0.6 is 0 Å². The number of benzene rings is 1. The molecule has 1 heterocycles. The fourth-order valence-electron chi connectivity index (χ4n) is 2.11. The summed E-state index contributed by atoms with van der Waals surface area (Å²) in [5.41, 5.74) is 4.70. The first-order valence-corrected chi connectivity index (χ1v) is 6.26. The van der Waals surface area contributed by atoms with Gasteiger partial charge in [-0.3, -0.25) is 0 Å². The average molecular weight is 271 g/mol. The fraction of sp³-hybridized carbons (Fsp3) is 0.267. The first kappa shape index (κ1) is 14.0. The van der Waals surface area contributed by atoms with Crippen molar-refractivity contribution in [2.75, 3.05) is 12.4 Å². The lowest BCUT2D eigenvalue weighted by atomic mass is 10.1. The van der Waals surface area contributed by atoms with E-state index in [9.17, 15) is 4.79 Å². The normalized spacial score (nSPS) is 10.2. The van der Waals surface area contributed by atoms with Crippen molar-refractivity contribution in [1.29, 1.82) is 0 Å². The Labute approximate surface area is 118 Å². The van der Waals surface area contributed by atoms with Gasteiger partial charge in [-0.1, -0.05) is 17.7 Å². The third-order valence-corrected chi connectivity index (χ3v) is 2.98. The number of carbonyl (C=O) groups excluding carboxylic acids is 1. The molecule has 0 fully saturated rings. The molecule has 2 aromatic rings. The van der Waals surface area contributed by atoms with E-state index in [-0.39, 0.29) is 5.69 Å². The Morgan fingerprint density at radius 3 is 2.25 bits per heavy atom. The molecule has 1 aromatic heterocycles. The minimum Gasteiger partial charge on any atom is -0.464 e. The van der Waals surface area contributed by atoms with Crippen molar-refractivity contribution >= 4 is 17.5 Å². The minimum atomic E-state index is -0.494. The third-order valence-electron chi connectivity index (χ3n) is 2.98. The summed E-state index contributed by atoms with van der Waals surface area (Å²) < 4.78 is 4.58. The number of methoxy groups -OCH3 is 1. The van der Waals surface area contributed by atoms with Crippen LogP contribution in [0.25, 0.3) is 0 Å². The number of esters is 1. The summed E-state index contributed by atoms with van der Waals surface area (Å²) in [5, 5.41) is 3.23. The summed E-state index contributed by atoms with van der Waals surface area (Å²) in [7, 11) is 1.31. The smallest absolute Gasteiger partial charge is 0.358 e. The molecule has 0 saturated carbocycles. The number of ether oxygens (including phenoxy) is 1. The Kier molecular flexibility index (Phi) is 3.98. The summed E-state index contributed by atoms with van der Waals surface area (Å²) in [6.45, 7) is 6.14. The van der Waals surface area contributed by atoms with E-state index in [0.29, 0.717) is 5.82 Å². The molecule has 0 amide bonds. The van der Waals surface area contributed by atoms with Crippen LogP contribution in [-0.4, -0.2) is 23.0 Å². The zero-order chi connectivity index (χ0) is 14.7. The molecular weight excluding hydrogens is 254 g/mol. The van der Waals surface area contributed by atoms with Crippen molar-refractivity contribution in [3.8, 4) is 0 Å². The Hall–Kier alpha value is -2.43. The maximum absolute atomic E-state index is 11.3. The number of anilines is 2. The molecule has 0 aliphatic rings. The van der Waals surface area contributed by atoms with E-state index < -0.39 is 5.97 Å². The van der Waals surface area contributed by atoms with Crippen molar-refractivity contribution in [2.24, 2.45) is 0 Å². The van der Waals surface area contributed by atoms with E-state index in [4.69, 9.17) is 0 Å². The van der Waals surface area contributed by atoms with Crippen LogP contribution in [0.5, 0.6) is 0 Å². The van der Waals surface area contributed by atoms with E-state index in [2.05, 4.69) is 39.1 Å². The van der Waals surface area contributed by atoms with Crippen molar-refractivity contribution < 1.29 is 9.53 Å². The van der Waals surface area contributed by atoms with Crippen molar-refractivity contribution in [1.82, 2.24) is 9.97 Å². The van der Waals surface area contributed by atoms with Gasteiger partial charge in [0.25, 0.3) is 0 Å². The van der Waals surface area contributed by atoms with Crippen LogP contribution in [0.15, 0.2) is 24.5 Å². The largest absolute Gasteiger partial charge is 0.464 e. The number of hydrogen-bond acceptors (Lipinski definition) is 5. The molecule has 0 radical (unpaired) electrons. The maximum atomic E-state index is 11.3. The molecule has 0 atom stereocenters. The highest BCUT2D eigenvalue weighted by Crippen LogP contribution is 2.24. The number of hydrogen-bond donors (Lipinski definition) is 1. The van der Waals surface area contributed by atoms with Gasteiger partial charge in [0.2, 0.25) is 0 Å². The number of nitrogens with zero attached hydrogens (tertiary/aromatic N) is 2. The quantitative estimate of drug-likeness (QED) is 0.869. The molecule has 0 aliphatic heterocycles. The second kappa shape index (κ2) is 5.69. The molecule has 104 valence electrons. The summed E-state index contributed by atoms with van der Waals surface area (Å²) in [4.78, 5) is 19.5. The number of carbonyl (C=O) groups is 1. The molecule has 5 heteroatoms. The monoisotopic (exact) mass is 271 g/mol. The molecule has 2 rings (SSSR count). The zero-order valence-corrected chi connectivity index (χ0v) is 12.0. The number of aromatic nitrogens is 2. The van der Waals surface area contributed by atoms with Gasteiger partial charge in [-0.25, -0.2) is 14.8 Å². The van der Waals surface area contributed by atoms with Crippen molar-refractivity contribution in [2.45, 2.75) is 20.8 Å². The molecule has 0 aliphatic carbocycles. The van der Waals surface area contributed by atoms with E-state index in [1.807, 2.05) is 13.8 Å². The summed E-state index contributed by atoms with van der Waals surface area (Å²) in [5.74, 6) is 0.0967. The third kappa shape index (κ3) is 2.93. The predicted octanol–water partition coefficient (Wildman–Crippen LogP) is 2.93. The van der Waals surface area contributed by atoms with Crippen LogP contribution in [0.1, 0.15) is 27.2 Å². The lowest BCUT2D eigenvalue weighted by molar-refractivity contribution is 0.0593. The number of aryl methyl sites for hydroxylation is 3. The van der Waals surface area contributed by atoms with Crippen LogP contribution < -0.4 is 5.32 Å². The zero-order valence-electron chi connectivity index (χ0n) is 12.0. The van der Waals surface area contributed by atoms with Gasteiger partial charge in [0, 0.05) is 5.69 Å².